The third kappa shape index (κ3) is 6.19. The molecule has 0 saturated heterocycles. The lowest BCUT2D eigenvalue weighted by Gasteiger charge is -2.47. The first-order valence-corrected chi connectivity index (χ1v) is 9.57. The molecule has 0 aliphatic heterocycles. The number of hydrogen-bond donors (Lipinski definition) is 0. The first kappa shape index (κ1) is 20.0. The molecule has 1 aliphatic rings. The Morgan fingerprint density at radius 3 is 1.15 bits per heavy atom. The van der Waals surface area contributed by atoms with Gasteiger partial charge in [-0.1, -0.05) is 73.6 Å². The first-order valence-electron chi connectivity index (χ1n) is 9.57. The van der Waals surface area contributed by atoms with E-state index in [1.54, 1.807) is 0 Å². The molecule has 0 nitrogen and oxygen atoms in total. The molecule has 0 amide bonds. The predicted octanol–water partition coefficient (Wildman–Crippen LogP) is 7.76. The summed E-state index contributed by atoms with van der Waals surface area (Å²) < 4.78 is 0. The summed E-state index contributed by atoms with van der Waals surface area (Å²) in [7, 11) is 0. The van der Waals surface area contributed by atoms with Gasteiger partial charge in [0.1, 0.15) is 0 Å². The molecule has 0 aromatic carbocycles. The summed E-state index contributed by atoms with van der Waals surface area (Å²) in [4.78, 5) is 0. The minimum absolute atomic E-state index is 0.722. The van der Waals surface area contributed by atoms with Gasteiger partial charge in [-0.25, -0.2) is 0 Å². The van der Waals surface area contributed by atoms with Gasteiger partial charge in [-0.2, -0.15) is 0 Å². The van der Waals surface area contributed by atoms with Crippen LogP contribution >= 0.6 is 0 Å². The molecule has 0 unspecified atom stereocenters. The molecular formula is C20H42. The van der Waals surface area contributed by atoms with Gasteiger partial charge >= 0.3 is 0 Å². The maximum Gasteiger partial charge on any atom is -0.0297 e. The predicted molar refractivity (Wildman–Crippen MR) is 94.3 cm³/mol. The monoisotopic (exact) mass is 282 g/mol. The van der Waals surface area contributed by atoms with E-state index >= 15 is 0 Å². The highest BCUT2D eigenvalue weighted by molar-refractivity contribution is 4.91. The Morgan fingerprint density at radius 2 is 0.850 bits per heavy atom. The quantitative estimate of drug-likeness (QED) is 0.447. The van der Waals surface area contributed by atoms with Gasteiger partial charge in [-0.05, 0) is 55.8 Å². The minimum atomic E-state index is 0.722. The Hall–Kier alpha value is 0. The molecule has 1 rings (SSSR count). The van der Waals surface area contributed by atoms with Gasteiger partial charge in [0.2, 0.25) is 0 Å². The van der Waals surface area contributed by atoms with Gasteiger partial charge < -0.3 is 0 Å². The SMILES string of the molecule is CCC.CCCC1(CC)CCC(CCC)(CCC)CC1. The fourth-order valence-electron chi connectivity index (χ4n) is 4.31. The summed E-state index contributed by atoms with van der Waals surface area (Å²) in [6.45, 7) is 13.8. The summed E-state index contributed by atoms with van der Waals surface area (Å²) in [5, 5.41) is 0. The van der Waals surface area contributed by atoms with Crippen LogP contribution in [0.3, 0.4) is 0 Å². The van der Waals surface area contributed by atoms with Crippen molar-refractivity contribution in [2.75, 3.05) is 0 Å². The zero-order valence-corrected chi connectivity index (χ0v) is 15.5. The summed E-state index contributed by atoms with van der Waals surface area (Å²) >= 11 is 0. The normalized spacial score (nSPS) is 20.1. The highest BCUT2D eigenvalue weighted by Gasteiger charge is 2.39. The second kappa shape index (κ2) is 10.7. The summed E-state index contributed by atoms with van der Waals surface area (Å²) in [6.07, 6.45) is 17.3. The average molecular weight is 283 g/mol. The van der Waals surface area contributed by atoms with Crippen LogP contribution in [-0.2, 0) is 0 Å². The van der Waals surface area contributed by atoms with E-state index in [9.17, 15) is 0 Å². The van der Waals surface area contributed by atoms with Gasteiger partial charge in [0.25, 0.3) is 0 Å². The second-order valence-corrected chi connectivity index (χ2v) is 7.31. The van der Waals surface area contributed by atoms with Crippen molar-refractivity contribution in [2.24, 2.45) is 10.8 Å². The van der Waals surface area contributed by atoms with E-state index in [4.69, 9.17) is 0 Å². The number of hydrogen-bond acceptors (Lipinski definition) is 0. The maximum atomic E-state index is 2.42. The van der Waals surface area contributed by atoms with E-state index < -0.39 is 0 Å². The molecule has 0 aromatic rings. The van der Waals surface area contributed by atoms with E-state index in [0.717, 1.165) is 10.8 Å². The largest absolute Gasteiger partial charge is 0.0656 e. The average Bonchev–Trinajstić information content (AvgIpc) is 2.44. The van der Waals surface area contributed by atoms with Crippen LogP contribution in [0.4, 0.5) is 0 Å². The molecule has 1 aliphatic carbocycles. The molecule has 0 N–H and O–H groups in total. The summed E-state index contributed by atoms with van der Waals surface area (Å²) in [5.74, 6) is 0. The molecule has 0 atom stereocenters. The van der Waals surface area contributed by atoms with E-state index in [-0.39, 0.29) is 0 Å². The molecule has 0 heterocycles. The Labute approximate surface area is 130 Å². The van der Waals surface area contributed by atoms with Gasteiger partial charge in [0.15, 0.2) is 0 Å². The molecule has 0 bridgehead atoms. The van der Waals surface area contributed by atoms with E-state index in [1.807, 2.05) is 0 Å². The Bertz CT molecular complexity index is 200. The zero-order chi connectivity index (χ0) is 15.5. The molecule has 122 valence electrons. The Balaban J connectivity index is 0.00000110. The van der Waals surface area contributed by atoms with Gasteiger partial charge in [0, 0.05) is 0 Å². The van der Waals surface area contributed by atoms with Gasteiger partial charge in [-0.3, -0.25) is 0 Å². The smallest absolute Gasteiger partial charge is 0.0297 e. The van der Waals surface area contributed by atoms with Crippen LogP contribution in [-0.4, -0.2) is 0 Å². The fraction of sp³-hybridized carbons (Fsp3) is 1.00. The van der Waals surface area contributed by atoms with Crippen molar-refractivity contribution in [1.82, 2.24) is 0 Å². The summed E-state index contributed by atoms with van der Waals surface area (Å²) in [5.41, 5.74) is 1.45. The highest BCUT2D eigenvalue weighted by atomic mass is 14.4. The van der Waals surface area contributed by atoms with Crippen molar-refractivity contribution >= 4 is 0 Å². The zero-order valence-electron chi connectivity index (χ0n) is 15.5. The molecule has 20 heavy (non-hydrogen) atoms. The lowest BCUT2D eigenvalue weighted by atomic mass is 9.59. The van der Waals surface area contributed by atoms with Crippen LogP contribution in [0.5, 0.6) is 0 Å². The van der Waals surface area contributed by atoms with Crippen molar-refractivity contribution in [3.05, 3.63) is 0 Å². The van der Waals surface area contributed by atoms with E-state index in [1.165, 1.54) is 77.0 Å². The van der Waals surface area contributed by atoms with Crippen LogP contribution in [0, 0.1) is 10.8 Å². The first-order chi connectivity index (χ1) is 9.57. The summed E-state index contributed by atoms with van der Waals surface area (Å²) in [6, 6.07) is 0. The van der Waals surface area contributed by atoms with Crippen LogP contribution < -0.4 is 0 Å². The Morgan fingerprint density at radius 1 is 0.550 bits per heavy atom. The Kier molecular flexibility index (Phi) is 10.7. The van der Waals surface area contributed by atoms with Crippen LogP contribution in [0.1, 0.15) is 119 Å². The molecule has 1 saturated carbocycles. The van der Waals surface area contributed by atoms with Crippen molar-refractivity contribution < 1.29 is 0 Å². The third-order valence-corrected chi connectivity index (χ3v) is 5.46. The van der Waals surface area contributed by atoms with Gasteiger partial charge in [0.05, 0.1) is 0 Å². The molecule has 0 aromatic heterocycles. The molecule has 1 fully saturated rings. The molecule has 0 spiro atoms. The van der Waals surface area contributed by atoms with Crippen LogP contribution in [0.15, 0.2) is 0 Å². The van der Waals surface area contributed by atoms with Crippen LogP contribution in [0.2, 0.25) is 0 Å². The lowest BCUT2D eigenvalue weighted by molar-refractivity contribution is 0.0507. The highest BCUT2D eigenvalue weighted by Crippen LogP contribution is 2.53. The molecule has 0 heteroatoms. The van der Waals surface area contributed by atoms with E-state index in [0.29, 0.717) is 0 Å². The maximum absolute atomic E-state index is 2.42. The third-order valence-electron chi connectivity index (χ3n) is 5.46. The number of rotatable bonds is 7. The molecule has 0 radical (unpaired) electrons. The minimum Gasteiger partial charge on any atom is -0.0656 e. The second-order valence-electron chi connectivity index (χ2n) is 7.31. The fourth-order valence-corrected chi connectivity index (χ4v) is 4.31. The van der Waals surface area contributed by atoms with Crippen LogP contribution in [0.25, 0.3) is 0 Å². The topological polar surface area (TPSA) is 0 Å². The van der Waals surface area contributed by atoms with Crippen molar-refractivity contribution in [3.63, 3.8) is 0 Å². The van der Waals surface area contributed by atoms with Gasteiger partial charge in [-0.15, -0.1) is 0 Å². The molecular weight excluding hydrogens is 240 g/mol. The van der Waals surface area contributed by atoms with Crippen molar-refractivity contribution in [3.8, 4) is 0 Å². The van der Waals surface area contributed by atoms with Crippen molar-refractivity contribution in [1.29, 1.82) is 0 Å². The lowest BCUT2D eigenvalue weighted by Crippen LogP contribution is -2.34. The van der Waals surface area contributed by atoms with E-state index in [2.05, 4.69) is 41.5 Å². The van der Waals surface area contributed by atoms with Crippen molar-refractivity contribution in [2.45, 2.75) is 119 Å². The standard InChI is InChI=1S/C17H34.C3H8/c1-5-9-16(8-4)12-14-17(10-6-2,11-7-3)15-13-16;1-3-2/h5-15H2,1-4H3;3H2,1-2H3.